The van der Waals surface area contributed by atoms with Crippen LogP contribution in [0.3, 0.4) is 0 Å². The Kier molecular flexibility index (Phi) is 2.48. The van der Waals surface area contributed by atoms with Gasteiger partial charge in [0.15, 0.2) is 14.6 Å². The van der Waals surface area contributed by atoms with Gasteiger partial charge in [-0.3, -0.25) is 0 Å². The molecule has 6 heteroatoms. The van der Waals surface area contributed by atoms with E-state index in [4.69, 9.17) is 12.2 Å². The number of sulfone groups is 1. The van der Waals surface area contributed by atoms with E-state index in [1.54, 1.807) is 6.20 Å². The predicted octanol–water partition coefficient (Wildman–Crippen LogP) is 1.30. The first-order valence-electron chi connectivity index (χ1n) is 4.54. The summed E-state index contributed by atoms with van der Waals surface area (Å²) >= 11 is 5.05. The monoisotopic (exact) mass is 232 g/mol. The highest BCUT2D eigenvalue weighted by Crippen LogP contribution is 2.22. The molecule has 1 fully saturated rings. The number of nitrogens with one attached hydrogen (secondary N) is 1. The van der Waals surface area contributed by atoms with Crippen LogP contribution in [0.1, 0.15) is 18.9 Å². The summed E-state index contributed by atoms with van der Waals surface area (Å²) in [5.41, 5.74) is 0. The maximum atomic E-state index is 11.4. The van der Waals surface area contributed by atoms with E-state index in [1.165, 1.54) is 0 Å². The molecule has 1 aromatic heterocycles. The van der Waals surface area contributed by atoms with Gasteiger partial charge in [0.1, 0.15) is 0 Å². The second-order valence-electron chi connectivity index (χ2n) is 3.58. The van der Waals surface area contributed by atoms with E-state index in [0.717, 1.165) is 12.8 Å². The molecular formula is C8H12N2O2S2. The highest BCUT2D eigenvalue weighted by molar-refractivity contribution is 7.91. The average molecular weight is 232 g/mol. The second kappa shape index (κ2) is 3.51. The smallest absolute Gasteiger partial charge is 0.177 e. The normalized spacial score (nSPS) is 26.1. The van der Waals surface area contributed by atoms with E-state index >= 15 is 0 Å². The largest absolute Gasteiger partial charge is 0.337 e. The van der Waals surface area contributed by atoms with Gasteiger partial charge in [0, 0.05) is 18.4 Å². The fourth-order valence-electron chi connectivity index (χ4n) is 1.84. The van der Waals surface area contributed by atoms with Gasteiger partial charge in [-0.2, -0.15) is 0 Å². The van der Waals surface area contributed by atoms with Gasteiger partial charge < -0.3 is 9.55 Å². The topological polar surface area (TPSA) is 54.9 Å². The molecule has 14 heavy (non-hydrogen) atoms. The molecule has 1 aliphatic rings. The first-order chi connectivity index (χ1) is 6.58. The number of rotatable bonds is 1. The molecule has 1 aliphatic heterocycles. The van der Waals surface area contributed by atoms with Crippen LogP contribution in [0.4, 0.5) is 0 Å². The molecule has 0 amide bonds. The predicted molar refractivity (Wildman–Crippen MR) is 56.5 cm³/mol. The molecule has 1 N–H and O–H groups in total. The van der Waals surface area contributed by atoms with E-state index in [-0.39, 0.29) is 11.8 Å². The number of hydrogen-bond donors (Lipinski definition) is 1. The van der Waals surface area contributed by atoms with Gasteiger partial charge in [-0.05, 0) is 25.1 Å². The molecule has 1 saturated heterocycles. The Morgan fingerprint density at radius 3 is 2.93 bits per heavy atom. The van der Waals surface area contributed by atoms with Crippen molar-refractivity contribution < 1.29 is 8.42 Å². The summed E-state index contributed by atoms with van der Waals surface area (Å²) in [4.78, 5) is 2.88. The van der Waals surface area contributed by atoms with Crippen LogP contribution in [-0.4, -0.2) is 29.5 Å². The molecule has 2 rings (SSSR count). The van der Waals surface area contributed by atoms with Crippen molar-refractivity contribution in [3.63, 3.8) is 0 Å². The summed E-state index contributed by atoms with van der Waals surface area (Å²) in [6, 6.07) is 0.0208. The van der Waals surface area contributed by atoms with E-state index in [0.29, 0.717) is 10.5 Å². The maximum absolute atomic E-state index is 11.4. The number of imidazole rings is 1. The van der Waals surface area contributed by atoms with Gasteiger partial charge in [-0.1, -0.05) is 0 Å². The lowest BCUT2D eigenvalue weighted by Gasteiger charge is -2.22. The van der Waals surface area contributed by atoms with Crippen molar-refractivity contribution in [3.05, 3.63) is 17.2 Å². The number of nitrogens with zero attached hydrogens (tertiary/aromatic N) is 1. The lowest BCUT2D eigenvalue weighted by atomic mass is 10.2. The van der Waals surface area contributed by atoms with Crippen molar-refractivity contribution >= 4 is 22.1 Å². The minimum Gasteiger partial charge on any atom is -0.337 e. The SMILES string of the molecule is O=S1(=O)CCCC(n2cc[nH]c2=S)C1. The van der Waals surface area contributed by atoms with Crippen LogP contribution in [0.2, 0.25) is 0 Å². The Hall–Kier alpha value is -0.620. The first kappa shape index (κ1) is 9.92. The minimum absolute atomic E-state index is 0.0208. The van der Waals surface area contributed by atoms with Crippen molar-refractivity contribution in [1.82, 2.24) is 9.55 Å². The third kappa shape index (κ3) is 1.90. The summed E-state index contributed by atoms with van der Waals surface area (Å²) in [6.45, 7) is 0. The lowest BCUT2D eigenvalue weighted by Crippen LogP contribution is -2.27. The van der Waals surface area contributed by atoms with Crippen molar-refractivity contribution in [2.24, 2.45) is 0 Å². The minimum atomic E-state index is -2.86. The average Bonchev–Trinajstić information content (AvgIpc) is 2.49. The summed E-state index contributed by atoms with van der Waals surface area (Å²) in [5, 5.41) is 0. The number of aromatic nitrogens is 2. The van der Waals surface area contributed by atoms with Gasteiger partial charge in [0.2, 0.25) is 0 Å². The van der Waals surface area contributed by atoms with Crippen molar-refractivity contribution in [2.75, 3.05) is 11.5 Å². The van der Waals surface area contributed by atoms with E-state index < -0.39 is 9.84 Å². The summed E-state index contributed by atoms with van der Waals surface area (Å²) in [6.07, 6.45) is 5.18. The molecule has 0 aliphatic carbocycles. The molecule has 0 bridgehead atoms. The molecule has 0 radical (unpaired) electrons. The zero-order valence-electron chi connectivity index (χ0n) is 7.64. The van der Waals surface area contributed by atoms with Crippen LogP contribution in [0.15, 0.2) is 12.4 Å². The Bertz CT molecular complexity index is 472. The van der Waals surface area contributed by atoms with Gasteiger partial charge in [0.05, 0.1) is 11.5 Å². The molecule has 0 saturated carbocycles. The highest BCUT2D eigenvalue weighted by atomic mass is 32.2. The number of hydrogen-bond acceptors (Lipinski definition) is 3. The third-order valence-corrected chi connectivity index (χ3v) is 4.64. The van der Waals surface area contributed by atoms with Crippen LogP contribution in [0, 0.1) is 4.77 Å². The summed E-state index contributed by atoms with van der Waals surface area (Å²) in [7, 11) is -2.86. The van der Waals surface area contributed by atoms with Crippen LogP contribution >= 0.6 is 12.2 Å². The van der Waals surface area contributed by atoms with E-state index in [1.807, 2.05) is 10.8 Å². The van der Waals surface area contributed by atoms with Crippen LogP contribution in [0.5, 0.6) is 0 Å². The quantitative estimate of drug-likeness (QED) is 0.742. The van der Waals surface area contributed by atoms with Gasteiger partial charge in [-0.25, -0.2) is 8.42 Å². The van der Waals surface area contributed by atoms with Crippen LogP contribution < -0.4 is 0 Å². The van der Waals surface area contributed by atoms with Crippen molar-refractivity contribution in [3.8, 4) is 0 Å². The molecule has 0 spiro atoms. The lowest BCUT2D eigenvalue weighted by molar-refractivity contribution is 0.466. The zero-order chi connectivity index (χ0) is 10.2. The molecule has 4 nitrogen and oxygen atoms in total. The Labute approximate surface area is 87.9 Å². The van der Waals surface area contributed by atoms with Gasteiger partial charge >= 0.3 is 0 Å². The molecular weight excluding hydrogens is 220 g/mol. The van der Waals surface area contributed by atoms with Gasteiger partial charge in [-0.15, -0.1) is 0 Å². The molecule has 1 aromatic rings. The molecule has 2 heterocycles. The fourth-order valence-corrected chi connectivity index (χ4v) is 3.80. The number of aromatic amines is 1. The summed E-state index contributed by atoms with van der Waals surface area (Å²) < 4.78 is 25.3. The van der Waals surface area contributed by atoms with Gasteiger partial charge in [0.25, 0.3) is 0 Å². The molecule has 1 unspecified atom stereocenters. The molecule has 1 atom stereocenters. The first-order valence-corrected chi connectivity index (χ1v) is 6.77. The van der Waals surface area contributed by atoms with Crippen LogP contribution in [-0.2, 0) is 9.84 Å². The third-order valence-electron chi connectivity index (χ3n) is 2.51. The maximum Gasteiger partial charge on any atom is 0.177 e. The standard InChI is InChI=1S/C8H12N2O2S2/c11-14(12)5-1-2-7(6-14)10-4-3-9-8(10)13/h3-4,7H,1-2,5-6H2,(H,9,13). The Morgan fingerprint density at radius 1 is 1.57 bits per heavy atom. The van der Waals surface area contributed by atoms with E-state index in [9.17, 15) is 8.42 Å². The Balaban J connectivity index is 2.29. The number of H-pyrrole nitrogens is 1. The Morgan fingerprint density at radius 2 is 2.36 bits per heavy atom. The molecule has 78 valence electrons. The highest BCUT2D eigenvalue weighted by Gasteiger charge is 2.25. The van der Waals surface area contributed by atoms with Crippen molar-refractivity contribution in [1.29, 1.82) is 0 Å². The zero-order valence-corrected chi connectivity index (χ0v) is 9.27. The van der Waals surface area contributed by atoms with Crippen molar-refractivity contribution in [2.45, 2.75) is 18.9 Å². The second-order valence-corrected chi connectivity index (χ2v) is 6.20. The van der Waals surface area contributed by atoms with Crippen LogP contribution in [0.25, 0.3) is 0 Å². The fraction of sp³-hybridized carbons (Fsp3) is 0.625. The van der Waals surface area contributed by atoms with E-state index in [2.05, 4.69) is 4.98 Å². The molecule has 0 aromatic carbocycles. The summed E-state index contributed by atoms with van der Waals surface area (Å²) in [5.74, 6) is 0.542.